The number of hydrogen-bond acceptors (Lipinski definition) is 5. The predicted molar refractivity (Wildman–Crippen MR) is 75.2 cm³/mol. The lowest BCUT2D eigenvalue weighted by Crippen LogP contribution is -2.49. The molecule has 0 radical (unpaired) electrons. The van der Waals surface area contributed by atoms with Crippen LogP contribution >= 0.6 is 0 Å². The van der Waals surface area contributed by atoms with Crippen LogP contribution < -0.4 is 0 Å². The average Bonchev–Trinajstić information content (AvgIpc) is 2.37. The van der Waals surface area contributed by atoms with Crippen LogP contribution in [-0.2, 0) is 14.3 Å². The van der Waals surface area contributed by atoms with Crippen molar-refractivity contribution in [3.8, 4) is 0 Å². The van der Waals surface area contributed by atoms with E-state index in [2.05, 4.69) is 23.6 Å². The molecule has 1 fully saturated rings. The fourth-order valence-corrected chi connectivity index (χ4v) is 2.28. The van der Waals surface area contributed by atoms with Gasteiger partial charge in [0.05, 0.1) is 25.7 Å². The van der Waals surface area contributed by atoms with Gasteiger partial charge in [-0.25, -0.2) is 0 Å². The number of morpholine rings is 1. The normalized spacial score (nSPS) is 21.1. The Morgan fingerprint density at radius 2 is 2.26 bits per heavy atom. The van der Waals surface area contributed by atoms with E-state index in [4.69, 9.17) is 9.47 Å². The molecule has 1 aliphatic heterocycles. The van der Waals surface area contributed by atoms with E-state index in [0.717, 1.165) is 32.8 Å². The van der Waals surface area contributed by atoms with Crippen molar-refractivity contribution in [1.29, 1.82) is 0 Å². The highest BCUT2D eigenvalue weighted by Gasteiger charge is 2.23. The van der Waals surface area contributed by atoms with Crippen molar-refractivity contribution in [1.82, 2.24) is 9.80 Å². The average molecular weight is 272 g/mol. The van der Waals surface area contributed by atoms with Crippen molar-refractivity contribution < 1.29 is 14.3 Å². The van der Waals surface area contributed by atoms with E-state index in [1.165, 1.54) is 0 Å². The molecular weight excluding hydrogens is 244 g/mol. The van der Waals surface area contributed by atoms with Gasteiger partial charge in [0.15, 0.2) is 0 Å². The maximum Gasteiger partial charge on any atom is 0.307 e. The Morgan fingerprint density at radius 1 is 1.53 bits per heavy atom. The van der Waals surface area contributed by atoms with E-state index in [0.29, 0.717) is 19.1 Å². The summed E-state index contributed by atoms with van der Waals surface area (Å²) in [4.78, 5) is 15.9. The summed E-state index contributed by atoms with van der Waals surface area (Å²) in [6, 6.07) is 0.566. The molecule has 0 bridgehead atoms. The Bertz CT molecular complexity index is 271. The molecule has 112 valence electrons. The third kappa shape index (κ3) is 6.36. The number of esters is 1. The zero-order chi connectivity index (χ0) is 14.3. The molecule has 1 atom stereocenters. The summed E-state index contributed by atoms with van der Waals surface area (Å²) >= 11 is 0. The highest BCUT2D eigenvalue weighted by Crippen LogP contribution is 2.09. The van der Waals surface area contributed by atoms with Crippen LogP contribution in [0.15, 0.2) is 0 Å². The largest absolute Gasteiger partial charge is 0.466 e. The monoisotopic (exact) mass is 272 g/mol. The first-order valence-corrected chi connectivity index (χ1v) is 7.22. The van der Waals surface area contributed by atoms with Gasteiger partial charge < -0.3 is 14.4 Å². The van der Waals surface area contributed by atoms with Crippen LogP contribution in [0.3, 0.4) is 0 Å². The third-order valence-electron chi connectivity index (χ3n) is 3.42. The molecule has 0 aliphatic carbocycles. The van der Waals surface area contributed by atoms with Crippen LogP contribution in [0.5, 0.6) is 0 Å². The zero-order valence-electron chi connectivity index (χ0n) is 12.7. The third-order valence-corrected chi connectivity index (χ3v) is 3.42. The summed E-state index contributed by atoms with van der Waals surface area (Å²) in [6.07, 6.45) is 0.689. The van der Waals surface area contributed by atoms with Gasteiger partial charge in [-0.3, -0.25) is 9.69 Å². The zero-order valence-corrected chi connectivity index (χ0v) is 12.7. The van der Waals surface area contributed by atoms with Gasteiger partial charge >= 0.3 is 5.97 Å². The van der Waals surface area contributed by atoms with Crippen LogP contribution in [0.2, 0.25) is 0 Å². The number of rotatable bonds is 7. The summed E-state index contributed by atoms with van der Waals surface area (Å²) in [6.45, 7) is 11.1. The van der Waals surface area contributed by atoms with E-state index in [-0.39, 0.29) is 12.1 Å². The maximum atomic E-state index is 11.3. The summed E-state index contributed by atoms with van der Waals surface area (Å²) in [7, 11) is 2.02. The molecule has 1 heterocycles. The first-order valence-electron chi connectivity index (χ1n) is 7.22. The summed E-state index contributed by atoms with van der Waals surface area (Å²) in [5, 5.41) is 0. The van der Waals surface area contributed by atoms with Gasteiger partial charge in [-0.15, -0.1) is 0 Å². The van der Waals surface area contributed by atoms with E-state index >= 15 is 0 Å². The Hall–Kier alpha value is -0.650. The van der Waals surface area contributed by atoms with Crippen LogP contribution in [0, 0.1) is 0 Å². The molecule has 0 aromatic rings. The van der Waals surface area contributed by atoms with Crippen LogP contribution in [0.1, 0.15) is 27.2 Å². The molecule has 5 nitrogen and oxygen atoms in total. The molecular formula is C14H28N2O3. The van der Waals surface area contributed by atoms with Gasteiger partial charge in [-0.05, 0) is 27.8 Å². The van der Waals surface area contributed by atoms with E-state index in [1.807, 2.05) is 14.0 Å². The maximum absolute atomic E-state index is 11.3. The van der Waals surface area contributed by atoms with Crippen molar-refractivity contribution in [2.45, 2.75) is 39.3 Å². The molecule has 19 heavy (non-hydrogen) atoms. The molecule has 5 heteroatoms. The van der Waals surface area contributed by atoms with E-state index in [9.17, 15) is 4.79 Å². The molecule has 1 rings (SSSR count). The first kappa shape index (κ1) is 16.4. The number of likely N-dealkylation sites (N-methyl/N-ethyl adjacent to an activating group) is 1. The minimum atomic E-state index is -0.122. The van der Waals surface area contributed by atoms with Crippen LogP contribution in [0.4, 0.5) is 0 Å². The molecule has 0 saturated carbocycles. The molecule has 0 aromatic carbocycles. The first-order chi connectivity index (χ1) is 9.02. The van der Waals surface area contributed by atoms with Gasteiger partial charge in [0.25, 0.3) is 0 Å². The minimum Gasteiger partial charge on any atom is -0.466 e. The van der Waals surface area contributed by atoms with Crippen molar-refractivity contribution in [2.75, 3.05) is 46.4 Å². The number of carbonyl (C=O) groups excluding carboxylic acids is 1. The predicted octanol–water partition coefficient (Wildman–Crippen LogP) is 0.981. The number of hydrogen-bond donors (Lipinski definition) is 0. The van der Waals surface area contributed by atoms with Crippen molar-refractivity contribution >= 4 is 5.97 Å². The topological polar surface area (TPSA) is 42.0 Å². The van der Waals surface area contributed by atoms with E-state index < -0.39 is 0 Å². The quantitative estimate of drug-likeness (QED) is 0.646. The molecule has 0 amide bonds. The SMILES string of the molecule is CCOC(=O)CCN(C)CC1CN(C(C)C)CCO1. The number of ether oxygens (including phenoxy) is 2. The van der Waals surface area contributed by atoms with Gasteiger partial charge in [0.1, 0.15) is 0 Å². The minimum absolute atomic E-state index is 0.122. The van der Waals surface area contributed by atoms with Crippen molar-refractivity contribution in [3.05, 3.63) is 0 Å². The van der Waals surface area contributed by atoms with Crippen molar-refractivity contribution in [2.24, 2.45) is 0 Å². The summed E-state index contributed by atoms with van der Waals surface area (Å²) in [5.74, 6) is -0.122. The molecule has 0 N–H and O–H groups in total. The van der Waals surface area contributed by atoms with Gasteiger partial charge in [0.2, 0.25) is 0 Å². The molecule has 1 aliphatic rings. The molecule has 0 aromatic heterocycles. The lowest BCUT2D eigenvalue weighted by Gasteiger charge is -2.37. The van der Waals surface area contributed by atoms with Crippen molar-refractivity contribution in [3.63, 3.8) is 0 Å². The second-order valence-electron chi connectivity index (χ2n) is 5.40. The molecule has 1 saturated heterocycles. The second kappa shape index (κ2) is 8.51. The Morgan fingerprint density at radius 3 is 2.89 bits per heavy atom. The summed E-state index contributed by atoms with van der Waals surface area (Å²) < 4.78 is 10.7. The lowest BCUT2D eigenvalue weighted by molar-refractivity contribution is -0.143. The van der Waals surface area contributed by atoms with Crippen LogP contribution in [0.25, 0.3) is 0 Å². The van der Waals surface area contributed by atoms with E-state index in [1.54, 1.807) is 0 Å². The molecule has 1 unspecified atom stereocenters. The lowest BCUT2D eigenvalue weighted by atomic mass is 10.2. The highest BCUT2D eigenvalue weighted by atomic mass is 16.5. The fourth-order valence-electron chi connectivity index (χ4n) is 2.28. The number of nitrogens with zero attached hydrogens (tertiary/aromatic N) is 2. The smallest absolute Gasteiger partial charge is 0.307 e. The van der Waals surface area contributed by atoms with Crippen LogP contribution in [-0.4, -0.2) is 74.4 Å². The fraction of sp³-hybridized carbons (Fsp3) is 0.929. The van der Waals surface area contributed by atoms with Gasteiger partial charge in [-0.2, -0.15) is 0 Å². The van der Waals surface area contributed by atoms with Gasteiger partial charge in [0, 0.05) is 32.2 Å². The summed E-state index contributed by atoms with van der Waals surface area (Å²) in [5.41, 5.74) is 0. The second-order valence-corrected chi connectivity index (χ2v) is 5.40. The molecule has 0 spiro atoms. The highest BCUT2D eigenvalue weighted by molar-refractivity contribution is 5.69. The Balaban J connectivity index is 2.24. The standard InChI is InChI=1S/C14H28N2O3/c1-5-18-14(17)6-7-15(4)10-13-11-16(12(2)3)8-9-19-13/h12-13H,5-11H2,1-4H3. The Kier molecular flexibility index (Phi) is 7.34. The number of carbonyl (C=O) groups is 1. The van der Waals surface area contributed by atoms with Gasteiger partial charge in [-0.1, -0.05) is 0 Å². The Labute approximate surface area is 116 Å².